The number of ether oxygens (including phenoxy) is 1. The van der Waals surface area contributed by atoms with Gasteiger partial charge in [-0.3, -0.25) is 20.2 Å². The van der Waals surface area contributed by atoms with E-state index in [4.69, 9.17) is 0 Å². The van der Waals surface area contributed by atoms with Gasteiger partial charge in [-0.25, -0.2) is 9.97 Å². The molecule has 0 aliphatic rings. The van der Waals surface area contributed by atoms with Gasteiger partial charge < -0.3 is 9.30 Å². The fraction of sp³-hybridized carbons (Fsp3) is 0.0500. The maximum absolute atomic E-state index is 12.6. The molecule has 4 rings (SSSR count). The molecule has 2 aromatic heterocycles. The molecular weight excluding hydrogens is 444 g/mol. The Hall–Kier alpha value is -4.19. The van der Waals surface area contributed by atoms with Crippen molar-refractivity contribution in [1.29, 1.82) is 0 Å². The zero-order valence-corrected chi connectivity index (χ0v) is 16.8. The number of para-hydroxylation sites is 1. The number of nitro groups is 1. The number of anilines is 1. The van der Waals surface area contributed by atoms with E-state index in [2.05, 4.69) is 20.0 Å². The number of hydrogen-bond donors (Lipinski definition) is 1. The minimum absolute atomic E-state index is 0.0450. The molecule has 2 heterocycles. The number of nitrogens with zero attached hydrogens (tertiary/aromatic N) is 4. The Morgan fingerprint density at radius 1 is 1.25 bits per heavy atom. The van der Waals surface area contributed by atoms with Crippen LogP contribution in [0, 0.1) is 10.1 Å². The van der Waals surface area contributed by atoms with Crippen LogP contribution in [0.4, 0.5) is 19.6 Å². The van der Waals surface area contributed by atoms with Crippen molar-refractivity contribution in [1.82, 2.24) is 14.5 Å². The molecule has 0 unspecified atom stereocenters. The molecule has 32 heavy (non-hydrogen) atoms. The smallest absolute Gasteiger partial charge is 0.387 e. The Bertz CT molecular complexity index is 1280. The molecule has 0 bridgehead atoms. The number of carbonyl (C=O) groups excluding carboxylic acids is 1. The van der Waals surface area contributed by atoms with Crippen LogP contribution in [0.15, 0.2) is 66.6 Å². The van der Waals surface area contributed by atoms with Crippen LogP contribution >= 0.6 is 11.3 Å². The molecule has 9 nitrogen and oxygen atoms in total. The molecule has 0 saturated carbocycles. The molecule has 0 fully saturated rings. The van der Waals surface area contributed by atoms with Crippen LogP contribution in [0.5, 0.6) is 5.75 Å². The van der Waals surface area contributed by atoms with E-state index >= 15 is 0 Å². The van der Waals surface area contributed by atoms with Crippen LogP contribution in [-0.2, 0) is 0 Å². The summed E-state index contributed by atoms with van der Waals surface area (Å²) >= 11 is 1.07. The highest BCUT2D eigenvalue weighted by atomic mass is 32.1. The van der Waals surface area contributed by atoms with Crippen LogP contribution in [-0.4, -0.2) is 32.0 Å². The van der Waals surface area contributed by atoms with Gasteiger partial charge in [-0.1, -0.05) is 12.1 Å². The number of hydrogen-bond acceptors (Lipinski definition) is 7. The zero-order valence-electron chi connectivity index (χ0n) is 16.0. The van der Waals surface area contributed by atoms with Crippen LogP contribution in [0.2, 0.25) is 0 Å². The lowest BCUT2D eigenvalue weighted by Crippen LogP contribution is -2.12. The van der Waals surface area contributed by atoms with Crippen molar-refractivity contribution in [2.75, 3.05) is 5.32 Å². The van der Waals surface area contributed by atoms with Crippen molar-refractivity contribution < 1.29 is 23.2 Å². The Morgan fingerprint density at radius 3 is 2.78 bits per heavy atom. The van der Waals surface area contributed by atoms with Crippen LogP contribution in [0.3, 0.4) is 0 Å². The molecule has 1 N–H and O–H groups in total. The Morgan fingerprint density at radius 2 is 2.06 bits per heavy atom. The van der Waals surface area contributed by atoms with Gasteiger partial charge in [0.2, 0.25) is 0 Å². The van der Waals surface area contributed by atoms with Crippen molar-refractivity contribution in [3.8, 4) is 22.7 Å². The molecule has 2 aromatic carbocycles. The third-order valence-electron chi connectivity index (χ3n) is 4.32. The van der Waals surface area contributed by atoms with Crippen molar-refractivity contribution in [2.45, 2.75) is 6.61 Å². The second-order valence-corrected chi connectivity index (χ2v) is 7.16. The van der Waals surface area contributed by atoms with Gasteiger partial charge in [-0.05, 0) is 24.3 Å². The normalized spacial score (nSPS) is 10.8. The number of thiazole rings is 1. The largest absolute Gasteiger partial charge is 0.434 e. The van der Waals surface area contributed by atoms with Crippen LogP contribution in [0.1, 0.15) is 10.4 Å². The number of carbonyl (C=O) groups is 1. The molecule has 12 heteroatoms. The molecule has 0 aliphatic carbocycles. The summed E-state index contributed by atoms with van der Waals surface area (Å²) in [5.41, 5.74) is 0.719. The van der Waals surface area contributed by atoms with Gasteiger partial charge in [0, 0.05) is 35.0 Å². The molecule has 0 atom stereocenters. The molecular formula is C20H13F2N5O4S. The van der Waals surface area contributed by atoms with Crippen molar-refractivity contribution in [3.63, 3.8) is 0 Å². The topological polar surface area (TPSA) is 112 Å². The fourth-order valence-corrected chi connectivity index (χ4v) is 3.64. The molecule has 0 spiro atoms. The maximum atomic E-state index is 12.6. The number of nitro benzene ring substituents is 1. The van der Waals surface area contributed by atoms with E-state index in [1.807, 2.05) is 0 Å². The lowest BCUT2D eigenvalue weighted by molar-refractivity contribution is -0.384. The fourth-order valence-electron chi connectivity index (χ4n) is 2.93. The summed E-state index contributed by atoms with van der Waals surface area (Å²) in [5.74, 6) is -0.653. The SMILES string of the molecule is O=C(Nc1nc(-c2ccccc2OC(F)F)cs1)c1ccc(-n2ccnc2)c([N+](=O)[O-])c1. The number of amides is 1. The molecule has 0 radical (unpaired) electrons. The number of imidazole rings is 1. The second-order valence-electron chi connectivity index (χ2n) is 6.30. The quantitative estimate of drug-likeness (QED) is 0.316. The monoisotopic (exact) mass is 457 g/mol. The standard InChI is InChI=1S/C20H13F2N5O4S/c21-19(22)31-17-4-2-1-3-13(17)14-10-32-20(24-14)25-18(28)12-5-6-15(16(9-12)27(29)30)26-8-7-23-11-26/h1-11,19H,(H,24,25,28). The summed E-state index contributed by atoms with van der Waals surface area (Å²) in [4.78, 5) is 31.6. The van der Waals surface area contributed by atoms with Gasteiger partial charge in [0.25, 0.3) is 11.6 Å². The van der Waals surface area contributed by atoms with Gasteiger partial charge in [-0.2, -0.15) is 8.78 Å². The molecule has 162 valence electrons. The average molecular weight is 457 g/mol. The molecule has 0 aliphatic heterocycles. The van der Waals surface area contributed by atoms with E-state index in [9.17, 15) is 23.7 Å². The summed E-state index contributed by atoms with van der Waals surface area (Å²) in [6.07, 6.45) is 4.44. The number of halogens is 2. The first-order chi connectivity index (χ1) is 15.4. The number of nitrogens with one attached hydrogen (secondary N) is 1. The van der Waals surface area contributed by atoms with Gasteiger partial charge in [-0.15, -0.1) is 11.3 Å². The average Bonchev–Trinajstić information content (AvgIpc) is 3.45. The summed E-state index contributed by atoms with van der Waals surface area (Å²) in [6, 6.07) is 10.2. The highest BCUT2D eigenvalue weighted by molar-refractivity contribution is 7.14. The zero-order chi connectivity index (χ0) is 22.7. The van der Waals surface area contributed by atoms with E-state index in [1.54, 1.807) is 29.8 Å². The Balaban J connectivity index is 1.57. The Kier molecular flexibility index (Phi) is 5.85. The first-order valence-electron chi connectivity index (χ1n) is 9.00. The number of aromatic nitrogens is 3. The van der Waals surface area contributed by atoms with E-state index in [1.165, 1.54) is 35.3 Å². The third kappa shape index (κ3) is 4.44. The van der Waals surface area contributed by atoms with Crippen molar-refractivity contribution in [3.05, 3.63) is 82.2 Å². The lowest BCUT2D eigenvalue weighted by atomic mass is 10.1. The molecule has 4 aromatic rings. The van der Waals surface area contributed by atoms with E-state index in [-0.39, 0.29) is 27.8 Å². The summed E-state index contributed by atoms with van der Waals surface area (Å²) < 4.78 is 31.3. The van der Waals surface area contributed by atoms with Crippen molar-refractivity contribution >= 4 is 28.1 Å². The molecule has 0 saturated heterocycles. The minimum atomic E-state index is -2.99. The first-order valence-corrected chi connectivity index (χ1v) is 9.88. The van der Waals surface area contributed by atoms with Gasteiger partial charge in [0.05, 0.1) is 16.9 Å². The maximum Gasteiger partial charge on any atom is 0.387 e. The summed E-state index contributed by atoms with van der Waals surface area (Å²) in [7, 11) is 0. The third-order valence-corrected chi connectivity index (χ3v) is 5.08. The van der Waals surface area contributed by atoms with E-state index in [0.717, 1.165) is 17.4 Å². The number of alkyl halides is 2. The van der Waals surface area contributed by atoms with Gasteiger partial charge in [0.1, 0.15) is 11.4 Å². The Labute approximate surface area is 183 Å². The molecule has 1 amide bonds. The number of benzene rings is 2. The second kappa shape index (κ2) is 8.89. The first kappa shape index (κ1) is 21.1. The minimum Gasteiger partial charge on any atom is -0.434 e. The predicted octanol–water partition coefficient (Wildman–Crippen LogP) is 4.76. The summed E-state index contributed by atoms with van der Waals surface area (Å²) in [5, 5.41) is 15.8. The van der Waals surface area contributed by atoms with Crippen LogP contribution in [0.25, 0.3) is 16.9 Å². The highest BCUT2D eigenvalue weighted by Crippen LogP contribution is 2.33. The van der Waals surface area contributed by atoms with Gasteiger partial charge >= 0.3 is 6.61 Å². The van der Waals surface area contributed by atoms with E-state index in [0.29, 0.717) is 11.3 Å². The van der Waals surface area contributed by atoms with Crippen LogP contribution < -0.4 is 10.1 Å². The lowest BCUT2D eigenvalue weighted by Gasteiger charge is -2.08. The van der Waals surface area contributed by atoms with E-state index < -0.39 is 17.4 Å². The van der Waals surface area contributed by atoms with Gasteiger partial charge in [0.15, 0.2) is 5.13 Å². The number of rotatable bonds is 7. The predicted molar refractivity (Wildman–Crippen MR) is 112 cm³/mol. The highest BCUT2D eigenvalue weighted by Gasteiger charge is 2.20. The summed E-state index contributed by atoms with van der Waals surface area (Å²) in [6.45, 7) is -2.99. The van der Waals surface area contributed by atoms with Crippen molar-refractivity contribution in [2.24, 2.45) is 0 Å².